The summed E-state index contributed by atoms with van der Waals surface area (Å²) in [4.78, 5) is 7.16. The van der Waals surface area contributed by atoms with E-state index >= 15 is 0 Å². The first-order valence-electron chi connectivity index (χ1n) is 7.57. The van der Waals surface area contributed by atoms with Crippen molar-refractivity contribution in [3.8, 4) is 0 Å². The molecule has 1 saturated carbocycles. The van der Waals surface area contributed by atoms with Gasteiger partial charge in [0.05, 0.1) is 0 Å². The summed E-state index contributed by atoms with van der Waals surface area (Å²) >= 11 is 0. The van der Waals surface area contributed by atoms with Crippen LogP contribution in [0.4, 0.5) is 5.82 Å². The molecule has 0 saturated heterocycles. The van der Waals surface area contributed by atoms with Gasteiger partial charge in [-0.15, -0.1) is 0 Å². The van der Waals surface area contributed by atoms with Crippen LogP contribution in [0.1, 0.15) is 45.1 Å². The summed E-state index contributed by atoms with van der Waals surface area (Å²) in [5, 5.41) is 3.21. The van der Waals surface area contributed by atoms with E-state index in [0.29, 0.717) is 12.0 Å². The van der Waals surface area contributed by atoms with Gasteiger partial charge in [0, 0.05) is 25.3 Å². The fourth-order valence-corrected chi connectivity index (χ4v) is 2.97. The second-order valence-corrected chi connectivity index (χ2v) is 6.04. The van der Waals surface area contributed by atoms with Crippen molar-refractivity contribution < 1.29 is 0 Å². The lowest BCUT2D eigenvalue weighted by Gasteiger charge is -2.32. The molecule has 0 atom stereocenters. The molecule has 2 rings (SSSR count). The molecule has 1 aromatic heterocycles. The number of anilines is 1. The van der Waals surface area contributed by atoms with Gasteiger partial charge in [0.15, 0.2) is 0 Å². The molecule has 1 N–H and O–H groups in total. The lowest BCUT2D eigenvalue weighted by atomic mass is 10.1. The maximum atomic E-state index is 4.62. The zero-order valence-corrected chi connectivity index (χ0v) is 12.5. The van der Waals surface area contributed by atoms with Gasteiger partial charge in [0.2, 0.25) is 0 Å². The molecule has 0 bridgehead atoms. The SMILES string of the molecule is CNCc1ccnc(N(CC(C)C)C2CCCC2)c1. The van der Waals surface area contributed by atoms with Crippen LogP contribution in [0.3, 0.4) is 0 Å². The summed E-state index contributed by atoms with van der Waals surface area (Å²) in [5.74, 6) is 1.84. The topological polar surface area (TPSA) is 28.2 Å². The Hall–Kier alpha value is -1.09. The van der Waals surface area contributed by atoms with Crippen molar-refractivity contribution in [2.75, 3.05) is 18.5 Å². The van der Waals surface area contributed by atoms with Crippen molar-refractivity contribution in [3.05, 3.63) is 23.9 Å². The first-order valence-corrected chi connectivity index (χ1v) is 7.57. The largest absolute Gasteiger partial charge is 0.353 e. The van der Waals surface area contributed by atoms with Gasteiger partial charge >= 0.3 is 0 Å². The molecule has 1 aromatic rings. The van der Waals surface area contributed by atoms with Gasteiger partial charge in [-0.3, -0.25) is 0 Å². The van der Waals surface area contributed by atoms with Crippen LogP contribution >= 0.6 is 0 Å². The normalized spacial score (nSPS) is 16.2. The molecule has 1 aliphatic rings. The van der Waals surface area contributed by atoms with E-state index in [1.807, 2.05) is 13.2 Å². The molecule has 1 fully saturated rings. The third-order valence-electron chi connectivity index (χ3n) is 3.81. The Kier molecular flexibility index (Phi) is 5.20. The monoisotopic (exact) mass is 261 g/mol. The molecule has 0 spiro atoms. The maximum Gasteiger partial charge on any atom is 0.129 e. The number of aromatic nitrogens is 1. The first kappa shape index (κ1) is 14.3. The first-order chi connectivity index (χ1) is 9.20. The number of rotatable bonds is 6. The zero-order chi connectivity index (χ0) is 13.7. The van der Waals surface area contributed by atoms with E-state index in [1.165, 1.54) is 31.2 Å². The van der Waals surface area contributed by atoms with Crippen LogP contribution in [0.15, 0.2) is 18.3 Å². The van der Waals surface area contributed by atoms with Gasteiger partial charge in [-0.05, 0) is 43.5 Å². The number of hydrogen-bond acceptors (Lipinski definition) is 3. The van der Waals surface area contributed by atoms with Gasteiger partial charge in [0.25, 0.3) is 0 Å². The second kappa shape index (κ2) is 6.90. The molecule has 0 radical (unpaired) electrons. The lowest BCUT2D eigenvalue weighted by Crippen LogP contribution is -2.37. The van der Waals surface area contributed by atoms with Gasteiger partial charge in [-0.25, -0.2) is 4.98 Å². The molecule has 0 aliphatic heterocycles. The van der Waals surface area contributed by atoms with Gasteiger partial charge in [-0.2, -0.15) is 0 Å². The van der Waals surface area contributed by atoms with Gasteiger partial charge < -0.3 is 10.2 Å². The number of pyridine rings is 1. The maximum absolute atomic E-state index is 4.62. The highest BCUT2D eigenvalue weighted by Crippen LogP contribution is 2.28. The summed E-state index contributed by atoms with van der Waals surface area (Å²) in [7, 11) is 1.99. The zero-order valence-electron chi connectivity index (χ0n) is 12.5. The van der Waals surface area contributed by atoms with Crippen molar-refractivity contribution in [2.45, 2.75) is 52.1 Å². The summed E-state index contributed by atoms with van der Waals surface area (Å²) in [6, 6.07) is 5.04. The van der Waals surface area contributed by atoms with E-state index in [1.54, 1.807) is 0 Å². The van der Waals surface area contributed by atoms with Gasteiger partial charge in [0.1, 0.15) is 5.82 Å². The van der Waals surface area contributed by atoms with E-state index in [4.69, 9.17) is 0 Å². The van der Waals surface area contributed by atoms with E-state index in [-0.39, 0.29) is 0 Å². The van der Waals surface area contributed by atoms with E-state index in [9.17, 15) is 0 Å². The van der Waals surface area contributed by atoms with Crippen LogP contribution in [-0.2, 0) is 6.54 Å². The third-order valence-corrected chi connectivity index (χ3v) is 3.81. The van der Waals surface area contributed by atoms with Crippen molar-refractivity contribution in [2.24, 2.45) is 5.92 Å². The fraction of sp³-hybridized carbons (Fsp3) is 0.688. The Morgan fingerprint density at radius 1 is 1.37 bits per heavy atom. The summed E-state index contributed by atoms with van der Waals surface area (Å²) in [6.45, 7) is 6.61. The molecule has 0 aromatic carbocycles. The van der Waals surface area contributed by atoms with Crippen LogP contribution < -0.4 is 10.2 Å². The molecule has 106 valence electrons. The van der Waals surface area contributed by atoms with Crippen LogP contribution in [-0.4, -0.2) is 24.6 Å². The summed E-state index contributed by atoms with van der Waals surface area (Å²) in [6.07, 6.45) is 7.34. The molecule has 3 nitrogen and oxygen atoms in total. The fourth-order valence-electron chi connectivity index (χ4n) is 2.97. The molecule has 0 amide bonds. The number of nitrogens with zero attached hydrogens (tertiary/aromatic N) is 2. The van der Waals surface area contributed by atoms with Gasteiger partial charge in [-0.1, -0.05) is 26.7 Å². The Bertz CT molecular complexity index is 383. The van der Waals surface area contributed by atoms with Crippen LogP contribution in [0, 0.1) is 5.92 Å². The van der Waals surface area contributed by atoms with E-state index < -0.39 is 0 Å². The minimum atomic E-state index is 0.676. The third kappa shape index (κ3) is 3.93. The highest BCUT2D eigenvalue weighted by atomic mass is 15.2. The predicted octanol–water partition coefficient (Wildman–Crippen LogP) is 3.21. The van der Waals surface area contributed by atoms with Crippen LogP contribution in [0.5, 0.6) is 0 Å². The standard InChI is InChI=1S/C16H27N3/c1-13(2)12-19(15-6-4-5-7-15)16-10-14(11-17-3)8-9-18-16/h8-10,13,15,17H,4-7,11-12H2,1-3H3. The van der Waals surface area contributed by atoms with Crippen LogP contribution in [0.2, 0.25) is 0 Å². The quantitative estimate of drug-likeness (QED) is 0.852. The molecule has 1 heterocycles. The van der Waals surface area contributed by atoms with Crippen molar-refractivity contribution in [1.29, 1.82) is 0 Å². The van der Waals surface area contributed by atoms with Crippen LogP contribution in [0.25, 0.3) is 0 Å². The molecule has 3 heteroatoms. The molecular formula is C16H27N3. The highest BCUT2D eigenvalue weighted by Gasteiger charge is 2.24. The predicted molar refractivity (Wildman–Crippen MR) is 81.4 cm³/mol. The average molecular weight is 261 g/mol. The summed E-state index contributed by atoms with van der Waals surface area (Å²) < 4.78 is 0. The molecule has 19 heavy (non-hydrogen) atoms. The smallest absolute Gasteiger partial charge is 0.129 e. The minimum absolute atomic E-state index is 0.676. The lowest BCUT2D eigenvalue weighted by molar-refractivity contribution is 0.531. The Labute approximate surface area is 117 Å². The van der Waals surface area contributed by atoms with E-state index in [0.717, 1.165) is 18.9 Å². The van der Waals surface area contributed by atoms with E-state index in [2.05, 4.69) is 41.2 Å². The highest BCUT2D eigenvalue weighted by molar-refractivity contribution is 5.42. The Morgan fingerprint density at radius 2 is 2.11 bits per heavy atom. The van der Waals surface area contributed by atoms with Crippen molar-refractivity contribution in [1.82, 2.24) is 10.3 Å². The number of nitrogens with one attached hydrogen (secondary N) is 1. The van der Waals surface area contributed by atoms with Crippen molar-refractivity contribution in [3.63, 3.8) is 0 Å². The molecule has 0 unspecified atom stereocenters. The minimum Gasteiger partial charge on any atom is -0.353 e. The average Bonchev–Trinajstić information content (AvgIpc) is 2.90. The Morgan fingerprint density at radius 3 is 2.74 bits per heavy atom. The number of hydrogen-bond donors (Lipinski definition) is 1. The Balaban J connectivity index is 2.18. The van der Waals surface area contributed by atoms with Crippen molar-refractivity contribution >= 4 is 5.82 Å². The molecule has 1 aliphatic carbocycles. The second-order valence-electron chi connectivity index (χ2n) is 6.04. The molecular weight excluding hydrogens is 234 g/mol. The summed E-state index contributed by atoms with van der Waals surface area (Å²) in [5.41, 5.74) is 1.32.